The van der Waals surface area contributed by atoms with Crippen LogP contribution < -0.4 is 0 Å². The van der Waals surface area contributed by atoms with Gasteiger partial charge in [-0.2, -0.15) is 0 Å². The highest BCUT2D eigenvalue weighted by Gasteiger charge is 2.28. The van der Waals surface area contributed by atoms with E-state index in [0.717, 1.165) is 0 Å². The van der Waals surface area contributed by atoms with Crippen LogP contribution in [-0.4, -0.2) is 0 Å². The second-order valence-corrected chi connectivity index (χ2v) is 15.9. The van der Waals surface area contributed by atoms with E-state index in [1.165, 1.54) is 185 Å². The van der Waals surface area contributed by atoms with Crippen LogP contribution in [0.5, 0.6) is 0 Å². The summed E-state index contributed by atoms with van der Waals surface area (Å²) in [5.41, 5.74) is 4.49. The van der Waals surface area contributed by atoms with Crippen molar-refractivity contribution >= 4 is 10.9 Å². The van der Waals surface area contributed by atoms with Gasteiger partial charge in [0.2, 0.25) is 0 Å². The number of hydrogen-bond donors (Lipinski definition) is 0. The minimum absolute atomic E-state index is 0.0759. The third-order valence-corrected chi connectivity index (χ3v) is 11.9. The summed E-state index contributed by atoms with van der Waals surface area (Å²) in [4.78, 5) is 4.34. The van der Waals surface area contributed by atoms with Gasteiger partial charge in [0.15, 0.2) is 14.7 Å². The molecule has 0 saturated carbocycles. The molecular weight excluding hydrogens is 573 g/mol. The third kappa shape index (κ3) is 15.7. The number of hydrogen-bond acceptors (Lipinski definition) is 0. The highest BCUT2D eigenvalue weighted by atomic mass is 32.2. The molecule has 46 heavy (non-hydrogen) atoms. The molecule has 0 amide bonds. The van der Waals surface area contributed by atoms with E-state index >= 15 is 0 Å². The van der Waals surface area contributed by atoms with Crippen molar-refractivity contribution in [3.05, 3.63) is 89.5 Å². The van der Waals surface area contributed by atoms with Crippen molar-refractivity contribution in [1.29, 1.82) is 0 Å². The molecule has 0 aromatic heterocycles. The van der Waals surface area contributed by atoms with Crippen molar-refractivity contribution in [3.8, 4) is 0 Å². The first kappa shape index (κ1) is 38.5. The predicted octanol–water partition coefficient (Wildman–Crippen LogP) is 14.7. The summed E-state index contributed by atoms with van der Waals surface area (Å²) in [5.74, 6) is 0. The van der Waals surface area contributed by atoms with Crippen LogP contribution in [0.1, 0.15) is 172 Å². The molecule has 0 atom stereocenters. The molecule has 0 aliphatic heterocycles. The summed E-state index contributed by atoms with van der Waals surface area (Å²) in [6, 6.07) is 29.1. The highest BCUT2D eigenvalue weighted by molar-refractivity contribution is 7.97. The van der Waals surface area contributed by atoms with Crippen molar-refractivity contribution in [2.24, 2.45) is 0 Å². The van der Waals surface area contributed by atoms with Gasteiger partial charge in [0.1, 0.15) is 0 Å². The Hall–Kier alpha value is -1.99. The van der Waals surface area contributed by atoms with Gasteiger partial charge >= 0.3 is 0 Å². The van der Waals surface area contributed by atoms with E-state index in [2.05, 4.69) is 93.6 Å². The molecule has 3 aromatic rings. The van der Waals surface area contributed by atoms with Crippen LogP contribution in [0.3, 0.4) is 0 Å². The molecule has 254 valence electrons. The molecule has 0 radical (unpaired) electrons. The molecule has 0 spiro atoms. The maximum Gasteiger partial charge on any atom is 0.166 e. The molecule has 0 heterocycles. The topological polar surface area (TPSA) is 0 Å². The van der Waals surface area contributed by atoms with Crippen LogP contribution in [0.25, 0.3) is 0 Å². The minimum Gasteiger partial charge on any atom is -0.0654 e. The zero-order chi connectivity index (χ0) is 32.5. The van der Waals surface area contributed by atoms with Crippen LogP contribution >= 0.6 is 0 Å². The van der Waals surface area contributed by atoms with Crippen LogP contribution in [0.2, 0.25) is 0 Å². The maximum absolute atomic E-state index is 2.43. The van der Waals surface area contributed by atoms with Crippen molar-refractivity contribution in [1.82, 2.24) is 0 Å². The Morgan fingerprint density at radius 2 is 0.500 bits per heavy atom. The normalized spacial score (nSPS) is 11.5. The van der Waals surface area contributed by atoms with Crippen molar-refractivity contribution in [3.63, 3.8) is 0 Å². The summed E-state index contributed by atoms with van der Waals surface area (Å²) in [5, 5.41) is 0. The van der Waals surface area contributed by atoms with Gasteiger partial charge < -0.3 is 0 Å². The van der Waals surface area contributed by atoms with Crippen LogP contribution in [0, 0.1) is 0 Å². The molecular formula is C45H69S+. The molecule has 0 aliphatic rings. The molecule has 3 aromatic carbocycles. The second kappa shape index (κ2) is 25.1. The van der Waals surface area contributed by atoms with E-state index < -0.39 is 0 Å². The lowest BCUT2D eigenvalue weighted by atomic mass is 10.0. The van der Waals surface area contributed by atoms with Crippen molar-refractivity contribution in [2.45, 2.75) is 190 Å². The van der Waals surface area contributed by atoms with Crippen LogP contribution in [0.4, 0.5) is 0 Å². The lowest BCUT2D eigenvalue weighted by molar-refractivity contribution is 0.589. The molecule has 0 unspecified atom stereocenters. The Morgan fingerprint density at radius 1 is 0.283 bits per heavy atom. The molecule has 0 bridgehead atoms. The lowest BCUT2D eigenvalue weighted by Crippen LogP contribution is -2.05. The fourth-order valence-corrected chi connectivity index (χ4v) is 8.68. The lowest BCUT2D eigenvalue weighted by Gasteiger charge is -2.11. The number of unbranched alkanes of at least 4 members (excludes halogenated alkanes) is 18. The quantitative estimate of drug-likeness (QED) is 0.0574. The van der Waals surface area contributed by atoms with E-state index in [4.69, 9.17) is 0 Å². The number of rotatable bonds is 27. The minimum atomic E-state index is -0.0759. The predicted molar refractivity (Wildman–Crippen MR) is 207 cm³/mol. The van der Waals surface area contributed by atoms with Gasteiger partial charge in [-0.05, 0) is 91.6 Å². The largest absolute Gasteiger partial charge is 0.166 e. The first-order valence-electron chi connectivity index (χ1n) is 19.8. The van der Waals surface area contributed by atoms with E-state index in [0.29, 0.717) is 0 Å². The highest BCUT2D eigenvalue weighted by Crippen LogP contribution is 2.32. The summed E-state index contributed by atoms with van der Waals surface area (Å²) < 4.78 is 0. The number of aryl methyl sites for hydroxylation is 3. The van der Waals surface area contributed by atoms with Crippen molar-refractivity contribution < 1.29 is 0 Å². The summed E-state index contributed by atoms with van der Waals surface area (Å²) in [6.45, 7) is 6.90. The third-order valence-electron chi connectivity index (χ3n) is 9.68. The molecule has 0 fully saturated rings. The van der Waals surface area contributed by atoms with E-state index in [1.807, 2.05) is 0 Å². The van der Waals surface area contributed by atoms with Crippen molar-refractivity contribution in [2.75, 3.05) is 0 Å². The fraction of sp³-hybridized carbons (Fsp3) is 0.600. The molecule has 1 heteroatoms. The summed E-state index contributed by atoms with van der Waals surface area (Å²) >= 11 is 0. The Labute approximate surface area is 288 Å². The van der Waals surface area contributed by atoms with Gasteiger partial charge in [-0.25, -0.2) is 0 Å². The zero-order valence-electron chi connectivity index (χ0n) is 30.3. The van der Waals surface area contributed by atoms with Gasteiger partial charge in [0.05, 0.1) is 10.9 Å². The van der Waals surface area contributed by atoms with E-state index in [-0.39, 0.29) is 10.9 Å². The zero-order valence-corrected chi connectivity index (χ0v) is 31.1. The average molecular weight is 642 g/mol. The number of benzene rings is 3. The van der Waals surface area contributed by atoms with Crippen LogP contribution in [-0.2, 0) is 30.2 Å². The smallest absolute Gasteiger partial charge is 0.0654 e. The Morgan fingerprint density at radius 3 is 0.739 bits per heavy atom. The van der Waals surface area contributed by atoms with Gasteiger partial charge in [-0.3, -0.25) is 0 Å². The van der Waals surface area contributed by atoms with E-state index in [1.54, 1.807) is 0 Å². The Balaban J connectivity index is 1.62. The summed E-state index contributed by atoms with van der Waals surface area (Å²) in [7, 11) is -0.0759. The maximum atomic E-state index is 2.43. The fourth-order valence-electron chi connectivity index (χ4n) is 6.64. The van der Waals surface area contributed by atoms with Gasteiger partial charge in [-0.15, -0.1) is 0 Å². The Kier molecular flexibility index (Phi) is 21.0. The van der Waals surface area contributed by atoms with Gasteiger partial charge in [0, 0.05) is 0 Å². The standard InChI is InChI=1S/C45H69S/c1-4-7-10-13-16-19-22-25-40-28-34-43(35-29-40)46(44-36-30-41(31-37-44)26-23-20-17-14-11-8-5-2)45-38-32-42(33-39-45)27-24-21-18-15-12-9-6-3/h28-39H,4-27H2,1-3H3/q+1. The molecule has 0 N–H and O–H groups in total. The summed E-state index contributed by atoms with van der Waals surface area (Å²) in [6.07, 6.45) is 32.5. The monoisotopic (exact) mass is 642 g/mol. The first-order chi connectivity index (χ1) is 22.7. The average Bonchev–Trinajstić information content (AvgIpc) is 3.09. The SMILES string of the molecule is CCCCCCCCCc1ccc([S+](c2ccc(CCCCCCCCC)cc2)c2ccc(CCCCCCCCC)cc2)cc1. The van der Waals surface area contributed by atoms with Crippen LogP contribution in [0.15, 0.2) is 87.5 Å². The molecule has 0 aliphatic carbocycles. The molecule has 3 rings (SSSR count). The molecule has 0 saturated heterocycles. The van der Waals surface area contributed by atoms with Gasteiger partial charge in [0.25, 0.3) is 0 Å². The molecule has 0 nitrogen and oxygen atoms in total. The first-order valence-corrected chi connectivity index (χ1v) is 21.0. The Bertz CT molecular complexity index is 965. The van der Waals surface area contributed by atoms with E-state index in [9.17, 15) is 0 Å². The van der Waals surface area contributed by atoms with Gasteiger partial charge in [-0.1, -0.05) is 173 Å². The second-order valence-electron chi connectivity index (χ2n) is 13.9.